The third-order valence-corrected chi connectivity index (χ3v) is 7.70. The van der Waals surface area contributed by atoms with E-state index in [1.807, 2.05) is 5.92 Å². The van der Waals surface area contributed by atoms with Crippen molar-refractivity contribution in [2.75, 3.05) is 12.3 Å². The van der Waals surface area contributed by atoms with Gasteiger partial charge in [-0.05, 0) is 18.3 Å². The maximum Gasteiger partial charge on any atom is 0.490 e. The second kappa shape index (κ2) is 9.05. The summed E-state index contributed by atoms with van der Waals surface area (Å²) in [5.74, 6) is 1.86. The number of nitrogens with zero attached hydrogens (tertiary/aromatic N) is 2. The molecule has 1 aromatic rings. The number of terminal acetylenes is 1. The van der Waals surface area contributed by atoms with Gasteiger partial charge in [-0.15, -0.1) is 6.42 Å². The highest BCUT2D eigenvalue weighted by Gasteiger charge is 2.57. The smallest absolute Gasteiger partial charge is 0.386 e. The predicted molar refractivity (Wildman–Crippen MR) is 99.9 cm³/mol. The number of phosphoric acid groups is 3. The second-order valence-electron chi connectivity index (χ2n) is 5.84. The van der Waals surface area contributed by atoms with Gasteiger partial charge >= 0.3 is 23.5 Å². The van der Waals surface area contributed by atoms with Gasteiger partial charge in [0.2, 0.25) is 4.77 Å². The van der Waals surface area contributed by atoms with Gasteiger partial charge in [-0.3, -0.25) is 9.09 Å². The van der Waals surface area contributed by atoms with Crippen LogP contribution < -0.4 is 5.73 Å². The predicted octanol–water partition coefficient (Wildman–Crippen LogP) is 0.138. The second-order valence-corrected chi connectivity index (χ2v) is 10.6. The van der Waals surface area contributed by atoms with Crippen LogP contribution in [0.4, 0.5) is 10.2 Å². The van der Waals surface area contributed by atoms with Gasteiger partial charge < -0.3 is 35.2 Å². The van der Waals surface area contributed by atoms with E-state index in [9.17, 15) is 28.1 Å². The zero-order chi connectivity index (χ0) is 23.8. The number of aliphatic hydroxyl groups excluding tert-OH is 1. The number of aromatic nitrogens is 2. The number of rotatable bonds is 8. The number of aliphatic hydroxyl groups is 1. The minimum Gasteiger partial charge on any atom is -0.386 e. The van der Waals surface area contributed by atoms with E-state index in [-0.39, 0.29) is 10.6 Å². The average Bonchev–Trinajstić information content (AvgIpc) is 2.82. The molecule has 0 aliphatic carbocycles. The zero-order valence-corrected chi connectivity index (χ0v) is 18.4. The SMILES string of the molecule is C#C[C@]1(COP(=O)(O)OP(=O)(O)OP(=O)(O)O)O[C@@H](n2ccc(N)nc2=S)C(F)[C@H]1O. The Kier molecular flexibility index (Phi) is 7.64. The molecule has 15 nitrogen and oxygen atoms in total. The van der Waals surface area contributed by atoms with Gasteiger partial charge in [0.15, 0.2) is 18.0 Å². The monoisotopic (exact) mass is 525 g/mol. The molecule has 0 radical (unpaired) electrons. The van der Waals surface area contributed by atoms with Crippen molar-refractivity contribution in [3.05, 3.63) is 17.0 Å². The van der Waals surface area contributed by atoms with Crippen LogP contribution in [-0.2, 0) is 31.6 Å². The highest BCUT2D eigenvalue weighted by Crippen LogP contribution is 2.66. The number of nitrogen functional groups attached to an aromatic ring is 1. The normalized spacial score (nSPS) is 30.3. The Morgan fingerprint density at radius 1 is 1.32 bits per heavy atom. The first-order valence-corrected chi connectivity index (χ1v) is 12.5. The molecule has 2 rings (SSSR count). The fourth-order valence-corrected chi connectivity index (χ4v) is 5.67. The van der Waals surface area contributed by atoms with E-state index in [1.54, 1.807) is 0 Å². The molecule has 31 heavy (non-hydrogen) atoms. The van der Waals surface area contributed by atoms with E-state index in [2.05, 4.69) is 18.1 Å². The first-order valence-electron chi connectivity index (χ1n) is 7.62. The lowest BCUT2D eigenvalue weighted by Gasteiger charge is -2.27. The summed E-state index contributed by atoms with van der Waals surface area (Å²) in [5.41, 5.74) is 3.02. The van der Waals surface area contributed by atoms with E-state index in [0.29, 0.717) is 0 Å². The number of ether oxygens (including phenoxy) is 1. The van der Waals surface area contributed by atoms with Crippen LogP contribution in [0.15, 0.2) is 12.3 Å². The Hall–Kier alpha value is -1.08. The maximum absolute atomic E-state index is 14.7. The number of anilines is 1. The quantitative estimate of drug-likeness (QED) is 0.150. The molecular weight excluding hydrogens is 510 g/mol. The van der Waals surface area contributed by atoms with Crippen molar-refractivity contribution in [1.82, 2.24) is 9.55 Å². The third-order valence-electron chi connectivity index (χ3n) is 3.61. The van der Waals surface area contributed by atoms with Gasteiger partial charge in [0.05, 0.1) is 0 Å². The van der Waals surface area contributed by atoms with Crippen molar-refractivity contribution in [2.45, 2.75) is 24.1 Å². The maximum atomic E-state index is 14.7. The Labute approximate surface area is 178 Å². The molecule has 1 aromatic heterocycles. The first kappa shape index (κ1) is 26.2. The summed E-state index contributed by atoms with van der Waals surface area (Å²) >= 11 is 4.93. The number of nitrogens with two attached hydrogens (primary N) is 1. The number of phosphoric ester groups is 1. The molecule has 1 aliphatic heterocycles. The lowest BCUT2D eigenvalue weighted by molar-refractivity contribution is -0.0900. The molecule has 1 fully saturated rings. The van der Waals surface area contributed by atoms with Crippen molar-refractivity contribution in [3.8, 4) is 12.3 Å². The molecular formula is C11H15FN3O12P3S. The summed E-state index contributed by atoms with van der Waals surface area (Å²) in [6.07, 6.45) is 0.371. The van der Waals surface area contributed by atoms with Gasteiger partial charge in [-0.2, -0.15) is 8.62 Å². The van der Waals surface area contributed by atoms with E-state index in [1.165, 1.54) is 12.3 Å². The van der Waals surface area contributed by atoms with Crippen LogP contribution >= 0.6 is 35.7 Å². The molecule has 20 heteroatoms. The van der Waals surface area contributed by atoms with Crippen LogP contribution in [0.1, 0.15) is 6.23 Å². The molecule has 2 heterocycles. The standard InChI is InChI=1S/C11H15FN3O12P3S/c1-2-11(5-24-29(20,21)27-30(22,23)26-28(17,18)19)8(16)7(12)9(25-11)15-4-3-6(13)14-10(15)31/h1,3-4,7-9,16H,5H2,(H,20,21)(H,22,23)(H2,13,14,31)(H2,17,18,19)/t7?,8-,9-,11-/m1/s1. The summed E-state index contributed by atoms with van der Waals surface area (Å²) in [6.45, 7) is -1.28. The molecule has 1 saturated heterocycles. The van der Waals surface area contributed by atoms with Crippen LogP contribution in [0, 0.1) is 17.1 Å². The number of alkyl halides is 1. The Morgan fingerprint density at radius 3 is 2.45 bits per heavy atom. The summed E-state index contributed by atoms with van der Waals surface area (Å²) in [6, 6.07) is 1.24. The molecule has 6 atom stereocenters. The number of hydrogen-bond acceptors (Lipinski definition) is 11. The molecule has 1 aliphatic rings. The molecule has 0 bridgehead atoms. The van der Waals surface area contributed by atoms with E-state index < -0.39 is 54.2 Å². The van der Waals surface area contributed by atoms with Crippen molar-refractivity contribution >= 4 is 41.5 Å². The van der Waals surface area contributed by atoms with Crippen LogP contribution in [-0.4, -0.2) is 58.7 Å². The number of halogens is 1. The molecule has 3 unspecified atom stereocenters. The van der Waals surface area contributed by atoms with E-state index >= 15 is 0 Å². The van der Waals surface area contributed by atoms with E-state index in [4.69, 9.17) is 43.8 Å². The summed E-state index contributed by atoms with van der Waals surface area (Å²) < 4.78 is 66.0. The molecule has 0 saturated carbocycles. The Bertz CT molecular complexity index is 1090. The molecule has 0 spiro atoms. The number of hydrogen-bond donors (Lipinski definition) is 6. The minimum absolute atomic E-state index is 0.00563. The zero-order valence-electron chi connectivity index (χ0n) is 14.9. The summed E-state index contributed by atoms with van der Waals surface area (Å²) in [7, 11) is -17.0. The molecule has 174 valence electrons. The fourth-order valence-electron chi connectivity index (χ4n) is 2.35. The first-order chi connectivity index (χ1) is 14.0. The average molecular weight is 525 g/mol. The largest absolute Gasteiger partial charge is 0.490 e. The lowest BCUT2D eigenvalue weighted by Crippen LogP contribution is -2.44. The lowest BCUT2D eigenvalue weighted by atomic mass is 9.98. The third kappa shape index (κ3) is 6.47. The van der Waals surface area contributed by atoms with Crippen LogP contribution in [0.5, 0.6) is 0 Å². The van der Waals surface area contributed by atoms with Crippen molar-refractivity contribution < 1.29 is 60.6 Å². The van der Waals surface area contributed by atoms with Gasteiger partial charge in [-0.1, -0.05) is 5.92 Å². The van der Waals surface area contributed by atoms with Gasteiger partial charge in [0.1, 0.15) is 18.5 Å². The summed E-state index contributed by atoms with van der Waals surface area (Å²) in [4.78, 5) is 39.4. The van der Waals surface area contributed by atoms with Crippen LogP contribution in [0.3, 0.4) is 0 Å². The minimum atomic E-state index is -5.79. The van der Waals surface area contributed by atoms with Crippen molar-refractivity contribution in [1.29, 1.82) is 0 Å². The topological polar surface area (TPSA) is 233 Å². The van der Waals surface area contributed by atoms with Gasteiger partial charge in [-0.25, -0.2) is 23.1 Å². The van der Waals surface area contributed by atoms with Crippen molar-refractivity contribution in [2.24, 2.45) is 0 Å². The van der Waals surface area contributed by atoms with Gasteiger partial charge in [0.25, 0.3) is 0 Å². The fraction of sp³-hybridized carbons (Fsp3) is 0.455. The molecule has 7 N–H and O–H groups in total. The highest BCUT2D eigenvalue weighted by atomic mass is 32.1. The summed E-state index contributed by atoms with van der Waals surface area (Å²) in [5, 5.41) is 10.2. The van der Waals surface area contributed by atoms with E-state index in [0.717, 1.165) is 4.57 Å². The Balaban J connectivity index is 2.21. The molecule has 0 amide bonds. The van der Waals surface area contributed by atoms with Crippen LogP contribution in [0.2, 0.25) is 0 Å². The van der Waals surface area contributed by atoms with Crippen LogP contribution in [0.25, 0.3) is 0 Å². The highest BCUT2D eigenvalue weighted by molar-refractivity contribution is 7.71. The Morgan fingerprint density at radius 2 is 1.94 bits per heavy atom. The van der Waals surface area contributed by atoms with Gasteiger partial charge in [0, 0.05) is 6.20 Å². The van der Waals surface area contributed by atoms with Crippen molar-refractivity contribution in [3.63, 3.8) is 0 Å². The molecule has 0 aromatic carbocycles.